The van der Waals surface area contributed by atoms with Crippen LogP contribution in [0.25, 0.3) is 0 Å². The van der Waals surface area contributed by atoms with Gasteiger partial charge in [0.25, 0.3) is 5.82 Å². The molecule has 1 N–H and O–H groups in total. The first kappa shape index (κ1) is 16.5. The van der Waals surface area contributed by atoms with Crippen molar-refractivity contribution in [3.05, 3.63) is 18.2 Å². The summed E-state index contributed by atoms with van der Waals surface area (Å²) in [6.07, 6.45) is 13.6. The summed E-state index contributed by atoms with van der Waals surface area (Å²) in [7, 11) is 2.11. The van der Waals surface area contributed by atoms with Gasteiger partial charge in [-0.05, 0) is 12.3 Å². The van der Waals surface area contributed by atoms with Gasteiger partial charge < -0.3 is 12.4 Å². The van der Waals surface area contributed by atoms with Crippen molar-refractivity contribution >= 4 is 0 Å². The Balaban J connectivity index is 0.00000256. The Morgan fingerprint density at radius 3 is 2.35 bits per heavy atom. The monoisotopic (exact) mass is 258 g/mol. The zero-order valence-electron chi connectivity index (χ0n) is 11.5. The predicted octanol–water partition coefficient (Wildman–Crippen LogP) is 0.382. The van der Waals surface area contributed by atoms with E-state index in [-0.39, 0.29) is 12.4 Å². The third-order valence-electron chi connectivity index (χ3n) is 3.17. The van der Waals surface area contributed by atoms with E-state index in [1.54, 1.807) is 0 Å². The van der Waals surface area contributed by atoms with Gasteiger partial charge in [-0.3, -0.25) is 0 Å². The fourth-order valence-corrected chi connectivity index (χ4v) is 2.06. The lowest BCUT2D eigenvalue weighted by Crippen LogP contribution is -3.00. The molecule has 0 fully saturated rings. The van der Waals surface area contributed by atoms with Crippen LogP contribution in [0.2, 0.25) is 0 Å². The van der Waals surface area contributed by atoms with Crippen LogP contribution in [0.15, 0.2) is 12.4 Å². The molecule has 0 atom stereocenters. The molecule has 0 aliphatic rings. The number of unbranched alkanes of at least 4 members (excludes halogenated alkanes) is 4. The lowest BCUT2D eigenvalue weighted by atomic mass is 10.0. The van der Waals surface area contributed by atoms with Crippen LogP contribution in [0.5, 0.6) is 0 Å². The summed E-state index contributed by atoms with van der Waals surface area (Å²) >= 11 is 0. The number of H-pyrrole nitrogens is 1. The molecule has 1 heterocycles. The molecule has 0 aliphatic carbocycles. The average molecular weight is 259 g/mol. The topological polar surface area (TPSA) is 19.7 Å². The Labute approximate surface area is 112 Å². The van der Waals surface area contributed by atoms with Crippen LogP contribution in [0, 0.1) is 5.92 Å². The smallest absolute Gasteiger partial charge is 0.253 e. The van der Waals surface area contributed by atoms with Gasteiger partial charge in [-0.15, -0.1) is 0 Å². The van der Waals surface area contributed by atoms with E-state index in [1.807, 2.05) is 6.20 Å². The van der Waals surface area contributed by atoms with Gasteiger partial charge in [-0.1, -0.05) is 46.0 Å². The lowest BCUT2D eigenvalue weighted by Gasteiger charge is -2.03. The standard InChI is InChI=1S/C14H26N2.ClH/c1-13(2)9-7-5-4-6-8-10-14-15-11-12-16(14)3;/h11-13H,4-10H2,1-3H3;1H. The first-order valence-electron chi connectivity index (χ1n) is 6.72. The zero-order valence-corrected chi connectivity index (χ0v) is 12.3. The number of aromatic nitrogens is 2. The number of hydrogen-bond acceptors (Lipinski definition) is 0. The van der Waals surface area contributed by atoms with Gasteiger partial charge in [0, 0.05) is 6.42 Å². The Morgan fingerprint density at radius 1 is 1.12 bits per heavy atom. The number of halogens is 1. The van der Waals surface area contributed by atoms with Crippen molar-refractivity contribution in [2.45, 2.75) is 58.8 Å². The molecule has 0 aliphatic heterocycles. The maximum Gasteiger partial charge on any atom is 0.253 e. The van der Waals surface area contributed by atoms with Gasteiger partial charge in [-0.2, -0.15) is 0 Å². The molecule has 1 aromatic rings. The molecule has 0 unspecified atom stereocenters. The third-order valence-corrected chi connectivity index (χ3v) is 3.17. The Morgan fingerprint density at radius 2 is 1.76 bits per heavy atom. The second-order valence-electron chi connectivity index (χ2n) is 5.22. The van der Waals surface area contributed by atoms with Crippen LogP contribution in [-0.4, -0.2) is 4.98 Å². The largest absolute Gasteiger partial charge is 1.00 e. The molecule has 0 aromatic carbocycles. The minimum atomic E-state index is 0. The van der Waals surface area contributed by atoms with E-state index in [9.17, 15) is 0 Å². The molecule has 2 nitrogen and oxygen atoms in total. The molecular weight excluding hydrogens is 232 g/mol. The number of nitrogens with zero attached hydrogens (tertiary/aromatic N) is 1. The average Bonchev–Trinajstić information content (AvgIpc) is 2.62. The number of rotatable bonds is 8. The van der Waals surface area contributed by atoms with Gasteiger partial charge in [-0.25, -0.2) is 9.55 Å². The molecule has 17 heavy (non-hydrogen) atoms. The highest BCUT2D eigenvalue weighted by molar-refractivity contribution is 4.76. The van der Waals surface area contributed by atoms with Crippen LogP contribution < -0.4 is 17.0 Å². The van der Waals surface area contributed by atoms with E-state index in [4.69, 9.17) is 0 Å². The van der Waals surface area contributed by atoms with E-state index >= 15 is 0 Å². The van der Waals surface area contributed by atoms with Gasteiger partial charge >= 0.3 is 0 Å². The first-order chi connectivity index (χ1) is 7.70. The summed E-state index contributed by atoms with van der Waals surface area (Å²) in [5.41, 5.74) is 0. The highest BCUT2D eigenvalue weighted by atomic mass is 35.5. The molecule has 0 saturated heterocycles. The van der Waals surface area contributed by atoms with Crippen molar-refractivity contribution in [3.63, 3.8) is 0 Å². The van der Waals surface area contributed by atoms with Gasteiger partial charge in [0.1, 0.15) is 12.4 Å². The SMILES string of the molecule is CC(C)CCCCCCCc1[nH]cc[n+]1C.[Cl-]. The minimum Gasteiger partial charge on any atom is -1.00 e. The van der Waals surface area contributed by atoms with Gasteiger partial charge in [0.15, 0.2) is 0 Å². The lowest BCUT2D eigenvalue weighted by molar-refractivity contribution is -0.677. The molecule has 3 heteroatoms. The minimum absolute atomic E-state index is 0. The maximum absolute atomic E-state index is 3.29. The Kier molecular flexibility index (Phi) is 9.24. The van der Waals surface area contributed by atoms with E-state index in [1.165, 1.54) is 50.8 Å². The summed E-state index contributed by atoms with van der Waals surface area (Å²) in [4.78, 5) is 3.29. The number of nitrogens with one attached hydrogen (secondary N) is 1. The van der Waals surface area contributed by atoms with Crippen LogP contribution in [-0.2, 0) is 13.5 Å². The van der Waals surface area contributed by atoms with Crippen molar-refractivity contribution < 1.29 is 17.0 Å². The number of aromatic amines is 1. The number of aryl methyl sites for hydroxylation is 2. The molecular formula is C14H27ClN2. The van der Waals surface area contributed by atoms with Gasteiger partial charge in [0.05, 0.1) is 7.05 Å². The fraction of sp³-hybridized carbons (Fsp3) is 0.786. The maximum atomic E-state index is 3.29. The molecule has 1 aromatic heterocycles. The number of imidazole rings is 1. The molecule has 0 amide bonds. The van der Waals surface area contributed by atoms with Crippen LogP contribution in [0.1, 0.15) is 58.2 Å². The summed E-state index contributed by atoms with van der Waals surface area (Å²) in [6.45, 7) is 4.62. The van der Waals surface area contributed by atoms with E-state index < -0.39 is 0 Å². The summed E-state index contributed by atoms with van der Waals surface area (Å²) in [5.74, 6) is 2.22. The van der Waals surface area contributed by atoms with Crippen LogP contribution in [0.4, 0.5) is 0 Å². The zero-order chi connectivity index (χ0) is 11.8. The van der Waals surface area contributed by atoms with E-state index in [2.05, 4.69) is 36.6 Å². The first-order valence-corrected chi connectivity index (χ1v) is 6.72. The van der Waals surface area contributed by atoms with Crippen molar-refractivity contribution in [2.75, 3.05) is 0 Å². The summed E-state index contributed by atoms with van der Waals surface area (Å²) in [5, 5.41) is 0. The van der Waals surface area contributed by atoms with Gasteiger partial charge in [0.2, 0.25) is 0 Å². The molecule has 0 saturated carbocycles. The second kappa shape index (κ2) is 9.52. The summed E-state index contributed by atoms with van der Waals surface area (Å²) in [6, 6.07) is 0. The molecule has 1 rings (SSSR count). The van der Waals surface area contributed by atoms with E-state index in [0.29, 0.717) is 0 Å². The molecule has 100 valence electrons. The summed E-state index contributed by atoms with van der Waals surface area (Å²) < 4.78 is 2.18. The van der Waals surface area contributed by atoms with E-state index in [0.717, 1.165) is 5.92 Å². The van der Waals surface area contributed by atoms with Crippen molar-refractivity contribution in [3.8, 4) is 0 Å². The Bertz CT molecular complexity index is 282. The van der Waals surface area contributed by atoms with Crippen molar-refractivity contribution in [2.24, 2.45) is 13.0 Å². The molecule has 0 radical (unpaired) electrons. The third kappa shape index (κ3) is 7.43. The molecule has 0 spiro atoms. The quantitative estimate of drug-likeness (QED) is 0.514. The van der Waals surface area contributed by atoms with Crippen LogP contribution >= 0.6 is 0 Å². The predicted molar refractivity (Wildman–Crippen MR) is 68.2 cm³/mol. The fourth-order valence-electron chi connectivity index (χ4n) is 2.06. The second-order valence-corrected chi connectivity index (χ2v) is 5.22. The van der Waals surface area contributed by atoms with Crippen molar-refractivity contribution in [1.82, 2.24) is 4.98 Å². The van der Waals surface area contributed by atoms with Crippen molar-refractivity contribution in [1.29, 1.82) is 0 Å². The normalized spacial score (nSPS) is 10.6. The highest BCUT2D eigenvalue weighted by Gasteiger charge is 2.04. The van der Waals surface area contributed by atoms with Crippen LogP contribution in [0.3, 0.4) is 0 Å². The Hall–Kier alpha value is -0.500. The molecule has 0 bridgehead atoms. The number of hydrogen-bond donors (Lipinski definition) is 1. The highest BCUT2D eigenvalue weighted by Crippen LogP contribution is 2.11.